The average molecular weight is 341 g/mol. The number of nitrogens with zero attached hydrogens (tertiary/aromatic N) is 2. The maximum Gasteiger partial charge on any atom is 0.162 e. The van der Waals surface area contributed by atoms with Gasteiger partial charge in [0, 0.05) is 32.7 Å². The molecule has 7 heteroatoms. The SMILES string of the molecule is CCCC[N-]C(=O)c1snc(Cl)c1Cl.[Y]. The van der Waals surface area contributed by atoms with Crippen molar-refractivity contribution in [3.05, 3.63) is 20.4 Å². The van der Waals surface area contributed by atoms with Gasteiger partial charge in [0.1, 0.15) is 0 Å². The van der Waals surface area contributed by atoms with Crippen molar-refractivity contribution in [3.8, 4) is 0 Å². The molecule has 1 amide bonds. The first-order valence-electron chi connectivity index (χ1n) is 4.19. The van der Waals surface area contributed by atoms with E-state index in [1.807, 2.05) is 6.92 Å². The van der Waals surface area contributed by atoms with Crippen molar-refractivity contribution < 1.29 is 37.5 Å². The third-order valence-corrected chi connectivity index (χ3v) is 3.34. The van der Waals surface area contributed by atoms with Crippen LogP contribution in [-0.4, -0.2) is 16.8 Å². The number of rotatable bonds is 4. The van der Waals surface area contributed by atoms with Gasteiger partial charge in [0.15, 0.2) is 5.15 Å². The molecule has 0 unspecified atom stereocenters. The molecule has 0 aromatic carbocycles. The number of hydrogen-bond acceptors (Lipinski definition) is 3. The summed E-state index contributed by atoms with van der Waals surface area (Å²) in [6.45, 7) is 2.57. The number of hydrogen-bond donors (Lipinski definition) is 0. The minimum Gasteiger partial charge on any atom is -0.648 e. The molecule has 0 bridgehead atoms. The van der Waals surface area contributed by atoms with Crippen molar-refractivity contribution in [2.24, 2.45) is 0 Å². The van der Waals surface area contributed by atoms with Crippen LogP contribution in [0.4, 0.5) is 0 Å². The maximum absolute atomic E-state index is 11.4. The Morgan fingerprint density at radius 2 is 2.20 bits per heavy atom. The monoisotopic (exact) mass is 340 g/mol. The van der Waals surface area contributed by atoms with E-state index in [1.54, 1.807) is 0 Å². The molecule has 81 valence electrons. The Kier molecular flexibility index (Phi) is 8.38. The van der Waals surface area contributed by atoms with Gasteiger partial charge in [-0.2, -0.15) is 4.37 Å². The Bertz CT molecular complexity index is 332. The first-order chi connectivity index (χ1) is 6.66. The van der Waals surface area contributed by atoms with Crippen LogP contribution in [0.15, 0.2) is 0 Å². The van der Waals surface area contributed by atoms with Crippen molar-refractivity contribution in [2.75, 3.05) is 6.54 Å². The maximum atomic E-state index is 11.4. The Morgan fingerprint density at radius 1 is 1.53 bits per heavy atom. The van der Waals surface area contributed by atoms with E-state index >= 15 is 0 Å². The van der Waals surface area contributed by atoms with E-state index in [2.05, 4.69) is 9.69 Å². The quantitative estimate of drug-likeness (QED) is 0.783. The molecule has 1 radical (unpaired) electrons. The summed E-state index contributed by atoms with van der Waals surface area (Å²) < 4.78 is 3.76. The van der Waals surface area contributed by atoms with Crippen molar-refractivity contribution in [1.29, 1.82) is 0 Å². The van der Waals surface area contributed by atoms with E-state index < -0.39 is 0 Å². The van der Waals surface area contributed by atoms with Crippen LogP contribution in [0, 0.1) is 0 Å². The zero-order chi connectivity index (χ0) is 10.6. The first-order valence-corrected chi connectivity index (χ1v) is 5.72. The number of unbranched alkanes of at least 4 members (excludes halogenated alkanes) is 1. The Morgan fingerprint density at radius 3 is 2.67 bits per heavy atom. The standard InChI is InChI=1S/C8H10Cl2N2OS.Y/c1-2-3-4-11-8(13)6-5(9)7(10)12-14-6;/h2-4H2,1H3,(H,11,13);/p-1. The molecule has 0 N–H and O–H groups in total. The summed E-state index contributed by atoms with van der Waals surface area (Å²) >= 11 is 12.3. The third-order valence-electron chi connectivity index (χ3n) is 1.56. The Labute approximate surface area is 128 Å². The van der Waals surface area contributed by atoms with Gasteiger partial charge in [-0.25, -0.2) is 0 Å². The summed E-state index contributed by atoms with van der Waals surface area (Å²) in [6.07, 6.45) is 1.91. The minimum absolute atomic E-state index is 0. The van der Waals surface area contributed by atoms with E-state index in [-0.39, 0.29) is 48.8 Å². The van der Waals surface area contributed by atoms with Gasteiger partial charge in [-0.3, -0.25) is 0 Å². The Hall–Kier alpha value is 0.784. The second-order valence-corrected chi connectivity index (χ2v) is 4.17. The minimum atomic E-state index is -0.326. The smallest absolute Gasteiger partial charge is 0.162 e. The molecule has 1 heterocycles. The molecule has 3 nitrogen and oxygen atoms in total. The van der Waals surface area contributed by atoms with Gasteiger partial charge in [-0.15, -0.1) is 6.54 Å². The molecule has 0 spiro atoms. The van der Waals surface area contributed by atoms with Crippen molar-refractivity contribution in [3.63, 3.8) is 0 Å². The molecule has 0 aliphatic carbocycles. The zero-order valence-corrected chi connectivity index (χ0v) is 13.3. The van der Waals surface area contributed by atoms with E-state index in [0.717, 1.165) is 24.4 Å². The van der Waals surface area contributed by atoms with Gasteiger partial charge in [0.25, 0.3) is 0 Å². The first kappa shape index (κ1) is 15.8. The summed E-state index contributed by atoms with van der Waals surface area (Å²) in [6, 6.07) is 0. The van der Waals surface area contributed by atoms with Crippen LogP contribution in [0.2, 0.25) is 10.2 Å². The van der Waals surface area contributed by atoms with Crippen molar-refractivity contribution in [1.82, 2.24) is 4.37 Å². The predicted molar refractivity (Wildman–Crippen MR) is 59.6 cm³/mol. The van der Waals surface area contributed by atoms with Gasteiger partial charge in [-0.1, -0.05) is 43.0 Å². The normalized spacial score (nSPS) is 9.53. The Balaban J connectivity index is 0.00000196. The third kappa shape index (κ3) is 4.65. The van der Waals surface area contributed by atoms with E-state index in [9.17, 15) is 4.79 Å². The second kappa shape index (κ2) is 7.96. The summed E-state index contributed by atoms with van der Waals surface area (Å²) in [5, 5.41) is 4.23. The molecule has 0 aliphatic heterocycles. The molecule has 0 saturated carbocycles. The second-order valence-electron chi connectivity index (χ2n) is 2.66. The summed E-state index contributed by atoms with van der Waals surface area (Å²) in [5.74, 6) is -0.326. The van der Waals surface area contributed by atoms with Crippen LogP contribution in [0.25, 0.3) is 5.32 Å². The number of aromatic nitrogens is 1. The average Bonchev–Trinajstić information content (AvgIpc) is 2.48. The van der Waals surface area contributed by atoms with Crippen LogP contribution < -0.4 is 0 Å². The van der Waals surface area contributed by atoms with Crippen LogP contribution in [0.5, 0.6) is 0 Å². The predicted octanol–water partition coefficient (Wildman–Crippen LogP) is 3.76. The van der Waals surface area contributed by atoms with Crippen molar-refractivity contribution in [2.45, 2.75) is 19.8 Å². The van der Waals surface area contributed by atoms with Crippen LogP contribution in [-0.2, 0) is 32.7 Å². The number of halogens is 2. The van der Waals surface area contributed by atoms with E-state index in [0.29, 0.717) is 11.4 Å². The molecule has 0 aliphatic rings. The molecule has 15 heavy (non-hydrogen) atoms. The number of amides is 1. The fraction of sp³-hybridized carbons (Fsp3) is 0.500. The van der Waals surface area contributed by atoms with E-state index in [4.69, 9.17) is 23.2 Å². The van der Waals surface area contributed by atoms with Gasteiger partial charge in [0.05, 0.1) is 15.8 Å². The molecule has 1 rings (SSSR count). The largest absolute Gasteiger partial charge is 0.648 e. The van der Waals surface area contributed by atoms with Crippen LogP contribution in [0.1, 0.15) is 29.4 Å². The molecule has 0 saturated heterocycles. The van der Waals surface area contributed by atoms with Gasteiger partial charge < -0.3 is 10.1 Å². The van der Waals surface area contributed by atoms with Crippen LogP contribution in [0.3, 0.4) is 0 Å². The van der Waals surface area contributed by atoms with Crippen LogP contribution >= 0.6 is 34.7 Å². The molecule has 0 fully saturated rings. The summed E-state index contributed by atoms with van der Waals surface area (Å²) in [4.78, 5) is 11.7. The fourth-order valence-electron chi connectivity index (χ4n) is 0.803. The molecule has 0 atom stereocenters. The van der Waals surface area contributed by atoms with Crippen molar-refractivity contribution >= 4 is 40.6 Å². The number of carbonyl (C=O) groups excluding carboxylic acids is 1. The van der Waals surface area contributed by atoms with Gasteiger partial charge in [-0.05, 0) is 11.5 Å². The fourth-order valence-corrected chi connectivity index (χ4v) is 1.92. The van der Waals surface area contributed by atoms with Gasteiger partial charge >= 0.3 is 0 Å². The molecular formula is C8H9Cl2N2OSY-. The molecular weight excluding hydrogens is 332 g/mol. The molecule has 1 aromatic rings. The zero-order valence-electron chi connectivity index (χ0n) is 8.17. The summed E-state index contributed by atoms with van der Waals surface area (Å²) in [7, 11) is 0. The summed E-state index contributed by atoms with van der Waals surface area (Å²) in [5.41, 5.74) is 0. The van der Waals surface area contributed by atoms with E-state index in [1.165, 1.54) is 0 Å². The topological polar surface area (TPSA) is 44.1 Å². The molecule has 1 aromatic heterocycles. The van der Waals surface area contributed by atoms with Gasteiger partial charge in [0.2, 0.25) is 0 Å². The number of carbonyl (C=O) groups is 1.